The lowest BCUT2D eigenvalue weighted by Crippen LogP contribution is -1.97. The van der Waals surface area contributed by atoms with Crippen LogP contribution in [0.3, 0.4) is 0 Å². The van der Waals surface area contributed by atoms with Gasteiger partial charge in [-0.15, -0.1) is 0 Å². The van der Waals surface area contributed by atoms with Crippen molar-refractivity contribution in [3.8, 4) is 11.6 Å². The van der Waals surface area contributed by atoms with Gasteiger partial charge in [0.15, 0.2) is 5.82 Å². The van der Waals surface area contributed by atoms with E-state index in [1.54, 1.807) is 6.20 Å². The van der Waals surface area contributed by atoms with Crippen molar-refractivity contribution in [2.75, 3.05) is 0 Å². The molecule has 2 aromatic rings. The molecule has 2 aromatic heterocycles. The Morgan fingerprint density at radius 1 is 1.50 bits per heavy atom. The number of nitrogens with two attached hydrogens (primary N) is 1. The average Bonchev–Trinajstić information content (AvgIpc) is 2.67. The van der Waals surface area contributed by atoms with Crippen LogP contribution in [0.2, 0.25) is 0 Å². The Hall–Kier alpha value is -1.27. The lowest BCUT2D eigenvalue weighted by Gasteiger charge is -1.94. The molecule has 0 atom stereocenters. The SMILES string of the molecule is NCc1noc(-c2ncccc2Br)n1. The second-order valence-electron chi connectivity index (χ2n) is 2.55. The number of rotatable bonds is 2. The summed E-state index contributed by atoms with van der Waals surface area (Å²) < 4.78 is 5.80. The molecule has 72 valence electrons. The minimum absolute atomic E-state index is 0.258. The van der Waals surface area contributed by atoms with Crippen LogP contribution >= 0.6 is 15.9 Å². The summed E-state index contributed by atoms with van der Waals surface area (Å²) in [5.41, 5.74) is 5.99. The third-order valence-corrected chi connectivity index (χ3v) is 2.25. The Balaban J connectivity index is 2.44. The first-order valence-corrected chi connectivity index (χ1v) is 4.74. The van der Waals surface area contributed by atoms with Gasteiger partial charge in [0.1, 0.15) is 5.69 Å². The van der Waals surface area contributed by atoms with Gasteiger partial charge in [-0.05, 0) is 28.1 Å². The second-order valence-corrected chi connectivity index (χ2v) is 3.41. The number of hydrogen-bond acceptors (Lipinski definition) is 5. The third-order valence-electron chi connectivity index (χ3n) is 1.61. The van der Waals surface area contributed by atoms with E-state index in [1.807, 2.05) is 12.1 Å². The zero-order chi connectivity index (χ0) is 9.97. The lowest BCUT2D eigenvalue weighted by atomic mass is 10.3. The molecule has 0 fully saturated rings. The van der Waals surface area contributed by atoms with Crippen LogP contribution in [0.25, 0.3) is 11.6 Å². The highest BCUT2D eigenvalue weighted by atomic mass is 79.9. The average molecular weight is 255 g/mol. The molecule has 0 aliphatic carbocycles. The Morgan fingerprint density at radius 2 is 2.36 bits per heavy atom. The van der Waals surface area contributed by atoms with Crippen molar-refractivity contribution in [1.82, 2.24) is 15.1 Å². The van der Waals surface area contributed by atoms with E-state index in [4.69, 9.17) is 10.3 Å². The van der Waals surface area contributed by atoms with E-state index in [0.29, 0.717) is 17.4 Å². The number of pyridine rings is 1. The Bertz CT molecular complexity index is 442. The summed E-state index contributed by atoms with van der Waals surface area (Å²) in [5.74, 6) is 0.843. The lowest BCUT2D eigenvalue weighted by molar-refractivity contribution is 0.421. The maximum absolute atomic E-state index is 5.36. The highest BCUT2D eigenvalue weighted by molar-refractivity contribution is 9.10. The van der Waals surface area contributed by atoms with E-state index >= 15 is 0 Å². The van der Waals surface area contributed by atoms with Crippen LogP contribution in [-0.4, -0.2) is 15.1 Å². The smallest absolute Gasteiger partial charge is 0.277 e. The molecule has 6 heteroatoms. The van der Waals surface area contributed by atoms with Crippen molar-refractivity contribution in [2.45, 2.75) is 6.54 Å². The molecule has 0 aliphatic rings. The number of aromatic nitrogens is 3. The summed E-state index contributed by atoms with van der Waals surface area (Å²) >= 11 is 3.34. The predicted octanol–water partition coefficient (Wildman–Crippen LogP) is 1.35. The van der Waals surface area contributed by atoms with Gasteiger partial charge in [-0.25, -0.2) is 4.98 Å². The van der Waals surface area contributed by atoms with Crippen molar-refractivity contribution in [1.29, 1.82) is 0 Å². The number of nitrogens with zero attached hydrogens (tertiary/aromatic N) is 3. The van der Waals surface area contributed by atoms with Crippen LogP contribution in [0.15, 0.2) is 27.3 Å². The van der Waals surface area contributed by atoms with Gasteiger partial charge in [0.2, 0.25) is 0 Å². The van der Waals surface area contributed by atoms with Crippen LogP contribution in [-0.2, 0) is 6.54 Å². The Morgan fingerprint density at radius 3 is 3.00 bits per heavy atom. The summed E-state index contributed by atoms with van der Waals surface area (Å²) in [6.07, 6.45) is 1.66. The first kappa shape index (κ1) is 9.29. The van der Waals surface area contributed by atoms with Gasteiger partial charge in [0.05, 0.1) is 6.54 Å². The summed E-state index contributed by atoms with van der Waals surface area (Å²) in [7, 11) is 0. The van der Waals surface area contributed by atoms with E-state index < -0.39 is 0 Å². The first-order chi connectivity index (χ1) is 6.81. The molecule has 0 bridgehead atoms. The fourth-order valence-corrected chi connectivity index (χ4v) is 1.40. The predicted molar refractivity (Wildman–Crippen MR) is 53.1 cm³/mol. The standard InChI is InChI=1S/C8H7BrN4O/c9-5-2-1-3-11-7(5)8-12-6(4-10)13-14-8/h1-3H,4,10H2. The summed E-state index contributed by atoms with van der Waals surface area (Å²) in [6, 6.07) is 3.67. The molecule has 5 nitrogen and oxygen atoms in total. The van der Waals surface area contributed by atoms with Gasteiger partial charge in [0, 0.05) is 10.7 Å². The molecular formula is C8H7BrN4O. The minimum Gasteiger partial charge on any atom is -0.332 e. The monoisotopic (exact) mass is 254 g/mol. The zero-order valence-electron chi connectivity index (χ0n) is 7.14. The van der Waals surface area contributed by atoms with Gasteiger partial charge in [0.25, 0.3) is 5.89 Å². The Labute approximate surface area is 88.5 Å². The largest absolute Gasteiger partial charge is 0.332 e. The molecule has 2 rings (SSSR count). The van der Waals surface area contributed by atoms with Crippen molar-refractivity contribution in [2.24, 2.45) is 5.73 Å². The highest BCUT2D eigenvalue weighted by Crippen LogP contribution is 2.23. The van der Waals surface area contributed by atoms with Crippen molar-refractivity contribution in [3.05, 3.63) is 28.6 Å². The number of hydrogen-bond donors (Lipinski definition) is 1. The van der Waals surface area contributed by atoms with Gasteiger partial charge < -0.3 is 10.3 Å². The molecule has 0 unspecified atom stereocenters. The van der Waals surface area contributed by atoms with Gasteiger partial charge in [-0.1, -0.05) is 5.16 Å². The van der Waals surface area contributed by atoms with Gasteiger partial charge in [-0.3, -0.25) is 0 Å². The van der Waals surface area contributed by atoms with Crippen LogP contribution in [0.1, 0.15) is 5.82 Å². The molecule has 0 spiro atoms. The molecule has 14 heavy (non-hydrogen) atoms. The normalized spacial score (nSPS) is 10.4. The summed E-state index contributed by atoms with van der Waals surface area (Å²) in [6.45, 7) is 0.258. The van der Waals surface area contributed by atoms with E-state index in [-0.39, 0.29) is 6.54 Å². The van der Waals surface area contributed by atoms with Crippen LogP contribution in [0.5, 0.6) is 0 Å². The maximum Gasteiger partial charge on any atom is 0.277 e. The minimum atomic E-state index is 0.258. The molecule has 2 heterocycles. The van der Waals surface area contributed by atoms with E-state index in [1.165, 1.54) is 0 Å². The number of halogens is 1. The highest BCUT2D eigenvalue weighted by Gasteiger charge is 2.11. The van der Waals surface area contributed by atoms with Crippen LogP contribution < -0.4 is 5.73 Å². The first-order valence-electron chi connectivity index (χ1n) is 3.95. The van der Waals surface area contributed by atoms with Gasteiger partial charge in [-0.2, -0.15) is 4.98 Å². The molecule has 0 saturated heterocycles. The summed E-state index contributed by atoms with van der Waals surface area (Å²) in [5, 5.41) is 3.68. The molecule has 0 radical (unpaired) electrons. The molecule has 2 N–H and O–H groups in total. The van der Waals surface area contributed by atoms with E-state index in [2.05, 4.69) is 31.1 Å². The quantitative estimate of drug-likeness (QED) is 0.876. The second kappa shape index (κ2) is 3.85. The third kappa shape index (κ3) is 1.66. The molecular weight excluding hydrogens is 248 g/mol. The molecule has 0 amide bonds. The topological polar surface area (TPSA) is 77.8 Å². The maximum atomic E-state index is 5.36. The molecule has 0 aromatic carbocycles. The fourth-order valence-electron chi connectivity index (χ4n) is 0.976. The molecule has 0 saturated carbocycles. The van der Waals surface area contributed by atoms with Crippen molar-refractivity contribution < 1.29 is 4.52 Å². The van der Waals surface area contributed by atoms with Crippen molar-refractivity contribution in [3.63, 3.8) is 0 Å². The van der Waals surface area contributed by atoms with Crippen molar-refractivity contribution >= 4 is 15.9 Å². The van der Waals surface area contributed by atoms with E-state index in [9.17, 15) is 0 Å². The fraction of sp³-hybridized carbons (Fsp3) is 0.125. The molecule has 0 aliphatic heterocycles. The van der Waals surface area contributed by atoms with Crippen LogP contribution in [0, 0.1) is 0 Å². The van der Waals surface area contributed by atoms with Gasteiger partial charge >= 0.3 is 0 Å². The van der Waals surface area contributed by atoms with E-state index in [0.717, 1.165) is 4.47 Å². The summed E-state index contributed by atoms with van der Waals surface area (Å²) in [4.78, 5) is 8.18. The zero-order valence-corrected chi connectivity index (χ0v) is 8.73. The van der Waals surface area contributed by atoms with Crippen LogP contribution in [0.4, 0.5) is 0 Å². The Kier molecular flexibility index (Phi) is 2.55.